The molecule has 0 spiro atoms. The molecule has 0 bridgehead atoms. The molecule has 0 radical (unpaired) electrons. The molecule has 0 N–H and O–H groups in total. The largest absolute Gasteiger partial charge is 0.447 e. The van der Waals surface area contributed by atoms with E-state index in [1.54, 1.807) is 14.1 Å². The number of nitrogens with zero attached hydrogens (tertiary/aromatic N) is 2. The van der Waals surface area contributed by atoms with Crippen LogP contribution in [0.3, 0.4) is 0 Å². The zero-order chi connectivity index (χ0) is 24.6. The number of hydrogen-bond donors (Lipinski definition) is 0. The molecule has 7 nitrogen and oxygen atoms in total. The molecule has 1 heterocycles. The Morgan fingerprint density at radius 3 is 2.24 bits per heavy atom. The van der Waals surface area contributed by atoms with Crippen LogP contribution in [0, 0.1) is 6.92 Å². The second-order valence-corrected chi connectivity index (χ2v) is 9.22. The summed E-state index contributed by atoms with van der Waals surface area (Å²) in [4.78, 5) is 38.1. The molecule has 7 heteroatoms. The van der Waals surface area contributed by atoms with Crippen LogP contribution in [-0.2, 0) is 27.1 Å². The van der Waals surface area contributed by atoms with E-state index in [1.165, 1.54) is 9.80 Å². The average Bonchev–Trinajstić information content (AvgIpc) is 3.08. The van der Waals surface area contributed by atoms with Gasteiger partial charge in [-0.3, -0.25) is 4.79 Å². The van der Waals surface area contributed by atoms with Gasteiger partial charge in [0.05, 0.1) is 12.5 Å². The molecule has 2 aromatic carbocycles. The minimum absolute atomic E-state index is 0.209. The summed E-state index contributed by atoms with van der Waals surface area (Å²) in [5.41, 5.74) is 2.71. The number of carbonyl (C=O) groups is 3. The number of aryl methyl sites for hydroxylation is 1. The lowest BCUT2D eigenvalue weighted by Gasteiger charge is -2.22. The number of ether oxygens (including phenoxy) is 2. The highest BCUT2D eigenvalue weighted by molar-refractivity contribution is 5.94. The third-order valence-electron chi connectivity index (χ3n) is 4.74. The smallest absolute Gasteiger partial charge is 0.416 e. The summed E-state index contributed by atoms with van der Waals surface area (Å²) in [5.74, 6) is -0.209. The molecule has 3 rings (SSSR count). The summed E-state index contributed by atoms with van der Waals surface area (Å²) in [6, 6.07) is 17.4. The standard InChI is InChI=1S/C19H19NO3.C7H15NO2/c1-14-6-5-9-16(10-14)12-18(21)20-17(13-23-19(20)22)11-15-7-3-2-4-8-15;1-7(2,3)10-6(9)8(4)5/h2-10,17H,11-13H2,1H3;1-5H3. The van der Waals surface area contributed by atoms with Gasteiger partial charge in [0.1, 0.15) is 12.2 Å². The van der Waals surface area contributed by atoms with Gasteiger partial charge in [-0.25, -0.2) is 14.5 Å². The molecule has 1 saturated heterocycles. The first-order valence-electron chi connectivity index (χ1n) is 10.9. The average molecular weight is 455 g/mol. The Morgan fingerprint density at radius 1 is 1.06 bits per heavy atom. The molecule has 1 aliphatic heterocycles. The number of rotatable bonds is 4. The summed E-state index contributed by atoms with van der Waals surface area (Å²) in [7, 11) is 3.32. The van der Waals surface area contributed by atoms with Crippen molar-refractivity contribution in [1.82, 2.24) is 9.80 Å². The van der Waals surface area contributed by atoms with E-state index in [9.17, 15) is 14.4 Å². The Morgan fingerprint density at radius 2 is 1.70 bits per heavy atom. The zero-order valence-corrected chi connectivity index (χ0v) is 20.3. The molecule has 2 aromatic rings. The highest BCUT2D eigenvalue weighted by Gasteiger charge is 2.37. The van der Waals surface area contributed by atoms with Crippen molar-refractivity contribution in [2.45, 2.75) is 52.2 Å². The van der Waals surface area contributed by atoms with Crippen LogP contribution >= 0.6 is 0 Å². The van der Waals surface area contributed by atoms with Crippen LogP contribution in [0.25, 0.3) is 0 Å². The number of imide groups is 1. The molecule has 178 valence electrons. The third-order valence-corrected chi connectivity index (χ3v) is 4.74. The van der Waals surface area contributed by atoms with Gasteiger partial charge in [0, 0.05) is 14.1 Å². The van der Waals surface area contributed by atoms with E-state index in [2.05, 4.69) is 0 Å². The first kappa shape index (κ1) is 25.9. The highest BCUT2D eigenvalue weighted by Crippen LogP contribution is 2.19. The van der Waals surface area contributed by atoms with Gasteiger partial charge >= 0.3 is 12.2 Å². The summed E-state index contributed by atoms with van der Waals surface area (Å²) in [6.07, 6.45) is -0.00937. The maximum absolute atomic E-state index is 12.6. The predicted molar refractivity (Wildman–Crippen MR) is 127 cm³/mol. The fraction of sp³-hybridized carbons (Fsp3) is 0.423. The van der Waals surface area contributed by atoms with Crippen molar-refractivity contribution < 1.29 is 23.9 Å². The number of benzene rings is 2. The minimum atomic E-state index is -0.538. The third kappa shape index (κ3) is 8.60. The van der Waals surface area contributed by atoms with E-state index in [1.807, 2.05) is 82.3 Å². The van der Waals surface area contributed by atoms with Gasteiger partial charge in [-0.15, -0.1) is 0 Å². The minimum Gasteiger partial charge on any atom is -0.447 e. The second kappa shape index (κ2) is 11.5. The molecular formula is C26H34N2O5. The Balaban J connectivity index is 0.000000328. The van der Waals surface area contributed by atoms with E-state index >= 15 is 0 Å². The van der Waals surface area contributed by atoms with Crippen LogP contribution in [0.4, 0.5) is 9.59 Å². The Hall–Kier alpha value is -3.35. The summed E-state index contributed by atoms with van der Waals surface area (Å²) < 4.78 is 10.1. The topological polar surface area (TPSA) is 76.2 Å². The van der Waals surface area contributed by atoms with E-state index in [0.717, 1.165) is 16.7 Å². The van der Waals surface area contributed by atoms with Gasteiger partial charge in [0.15, 0.2) is 0 Å². The molecule has 1 atom stereocenters. The van der Waals surface area contributed by atoms with Crippen molar-refractivity contribution in [1.29, 1.82) is 0 Å². The van der Waals surface area contributed by atoms with Gasteiger partial charge in [0.25, 0.3) is 0 Å². The SMILES string of the molecule is CN(C)C(=O)OC(C)(C)C.Cc1cccc(CC(=O)N2C(=O)OCC2Cc2ccccc2)c1. The molecule has 0 aliphatic carbocycles. The maximum Gasteiger partial charge on any atom is 0.416 e. The van der Waals surface area contributed by atoms with Gasteiger partial charge in [0.2, 0.25) is 5.91 Å². The molecular weight excluding hydrogens is 420 g/mol. The van der Waals surface area contributed by atoms with E-state index in [4.69, 9.17) is 9.47 Å². The van der Waals surface area contributed by atoms with Crippen molar-refractivity contribution in [2.75, 3.05) is 20.7 Å². The fourth-order valence-electron chi connectivity index (χ4n) is 3.24. The second-order valence-electron chi connectivity index (χ2n) is 9.22. The van der Waals surface area contributed by atoms with Crippen LogP contribution in [0.5, 0.6) is 0 Å². The van der Waals surface area contributed by atoms with Gasteiger partial charge in [-0.2, -0.15) is 0 Å². The van der Waals surface area contributed by atoms with Crippen molar-refractivity contribution in [3.8, 4) is 0 Å². The summed E-state index contributed by atoms with van der Waals surface area (Å²) >= 11 is 0. The summed E-state index contributed by atoms with van der Waals surface area (Å²) in [6.45, 7) is 7.76. The van der Waals surface area contributed by atoms with Crippen molar-refractivity contribution in [2.24, 2.45) is 0 Å². The quantitative estimate of drug-likeness (QED) is 0.674. The van der Waals surface area contributed by atoms with Crippen LogP contribution in [0.2, 0.25) is 0 Å². The molecule has 1 aliphatic rings. The maximum atomic E-state index is 12.6. The monoisotopic (exact) mass is 454 g/mol. The van der Waals surface area contributed by atoms with Crippen molar-refractivity contribution in [3.05, 3.63) is 71.3 Å². The van der Waals surface area contributed by atoms with Crippen LogP contribution in [0.15, 0.2) is 54.6 Å². The molecule has 1 unspecified atom stereocenters. The first-order chi connectivity index (χ1) is 15.5. The number of hydrogen-bond acceptors (Lipinski definition) is 5. The molecule has 33 heavy (non-hydrogen) atoms. The summed E-state index contributed by atoms with van der Waals surface area (Å²) in [5, 5.41) is 0. The lowest BCUT2D eigenvalue weighted by molar-refractivity contribution is -0.128. The number of cyclic esters (lactones) is 1. The first-order valence-corrected chi connectivity index (χ1v) is 10.9. The fourth-order valence-corrected chi connectivity index (χ4v) is 3.24. The molecule has 1 fully saturated rings. The highest BCUT2D eigenvalue weighted by atomic mass is 16.6. The molecule has 3 amide bonds. The lowest BCUT2D eigenvalue weighted by Crippen LogP contribution is -2.41. The molecule has 0 aromatic heterocycles. The zero-order valence-electron chi connectivity index (χ0n) is 20.3. The number of carbonyl (C=O) groups excluding carboxylic acids is 3. The Bertz CT molecular complexity index is 951. The van der Waals surface area contributed by atoms with Crippen molar-refractivity contribution >= 4 is 18.1 Å². The van der Waals surface area contributed by atoms with Crippen LogP contribution in [0.1, 0.15) is 37.5 Å². The predicted octanol–water partition coefficient (Wildman–Crippen LogP) is 4.61. The Labute approximate surface area is 196 Å². The normalized spacial score (nSPS) is 15.3. The van der Waals surface area contributed by atoms with Crippen LogP contribution in [-0.4, -0.2) is 60.2 Å². The van der Waals surface area contributed by atoms with Crippen molar-refractivity contribution in [3.63, 3.8) is 0 Å². The van der Waals surface area contributed by atoms with E-state index < -0.39 is 6.09 Å². The van der Waals surface area contributed by atoms with E-state index in [-0.39, 0.29) is 36.7 Å². The molecule has 0 saturated carbocycles. The Kier molecular flexibility index (Phi) is 9.02. The van der Waals surface area contributed by atoms with Gasteiger partial charge in [-0.05, 0) is 45.2 Å². The lowest BCUT2D eigenvalue weighted by atomic mass is 10.0. The van der Waals surface area contributed by atoms with Gasteiger partial charge in [-0.1, -0.05) is 60.2 Å². The number of amides is 3. The van der Waals surface area contributed by atoms with Gasteiger partial charge < -0.3 is 14.4 Å². The van der Waals surface area contributed by atoms with E-state index in [0.29, 0.717) is 6.42 Å². The van der Waals surface area contributed by atoms with Crippen LogP contribution < -0.4 is 0 Å².